The number of rotatable bonds is 3. The smallest absolute Gasteiger partial charge is 0.242 e. The maximum atomic E-state index is 14.1. The second-order valence-electron chi connectivity index (χ2n) is 10.3. The van der Waals surface area contributed by atoms with Crippen molar-refractivity contribution in [2.45, 2.75) is 65.0 Å². The summed E-state index contributed by atoms with van der Waals surface area (Å²) in [6.07, 6.45) is 1.89. The predicted octanol–water partition coefficient (Wildman–Crippen LogP) is 6.91. The molecule has 0 spiro atoms. The van der Waals surface area contributed by atoms with E-state index in [-0.39, 0.29) is 11.5 Å². The van der Waals surface area contributed by atoms with Crippen molar-refractivity contribution in [2.75, 3.05) is 4.90 Å². The average Bonchev–Trinajstić information content (AvgIpc) is 2.97. The second-order valence-corrected chi connectivity index (χ2v) is 10.7. The Bertz CT molecular complexity index is 1280. The number of fused-ring (bicyclic) bond motifs is 2. The van der Waals surface area contributed by atoms with E-state index in [1.807, 2.05) is 42.2 Å². The Morgan fingerprint density at radius 1 is 0.970 bits per heavy atom. The zero-order valence-electron chi connectivity index (χ0n) is 20.0. The first kappa shape index (κ1) is 22.0. The van der Waals surface area contributed by atoms with Gasteiger partial charge in [0, 0.05) is 10.7 Å². The summed E-state index contributed by atoms with van der Waals surface area (Å²) in [7, 11) is 0. The number of aryl methyl sites for hydroxylation is 3. The zero-order valence-corrected chi connectivity index (χ0v) is 20.7. The lowest BCUT2D eigenvalue weighted by Gasteiger charge is -2.34. The van der Waals surface area contributed by atoms with E-state index in [1.54, 1.807) is 0 Å². The zero-order chi connectivity index (χ0) is 23.5. The number of ether oxygens (including phenoxy) is 1. The third-order valence-electron chi connectivity index (χ3n) is 7.39. The Morgan fingerprint density at radius 3 is 2.52 bits per heavy atom. The fraction of sp³-hybridized carbons (Fsp3) is 0.345. The number of anilines is 1. The van der Waals surface area contributed by atoms with Gasteiger partial charge in [0.05, 0.1) is 12.0 Å². The largest absolute Gasteiger partial charge is 0.488 e. The molecule has 3 aromatic carbocycles. The van der Waals surface area contributed by atoms with Crippen LogP contribution in [-0.4, -0.2) is 11.5 Å². The summed E-state index contributed by atoms with van der Waals surface area (Å²) in [5, 5.41) is 0.642. The molecule has 33 heavy (non-hydrogen) atoms. The molecule has 0 N–H and O–H groups in total. The molecule has 0 saturated heterocycles. The molecule has 1 atom stereocenters. The molecule has 0 aliphatic carbocycles. The number of carbonyl (C=O) groups is 1. The van der Waals surface area contributed by atoms with Crippen LogP contribution in [0.5, 0.6) is 5.75 Å². The number of benzene rings is 3. The molecule has 0 bridgehead atoms. The van der Waals surface area contributed by atoms with Gasteiger partial charge >= 0.3 is 0 Å². The van der Waals surface area contributed by atoms with Gasteiger partial charge in [-0.1, -0.05) is 41.9 Å². The minimum absolute atomic E-state index is 0.0787. The molecular weight excluding hydrogens is 430 g/mol. The number of halogens is 1. The lowest BCUT2D eigenvalue weighted by molar-refractivity contribution is -0.121. The first-order chi connectivity index (χ1) is 15.6. The van der Waals surface area contributed by atoms with Crippen LogP contribution in [0.3, 0.4) is 0 Å². The lowest BCUT2D eigenvalue weighted by atomic mass is 9.76. The molecule has 3 nitrogen and oxygen atoms in total. The van der Waals surface area contributed by atoms with Crippen LogP contribution in [0.15, 0.2) is 54.6 Å². The van der Waals surface area contributed by atoms with Gasteiger partial charge in [0.15, 0.2) is 0 Å². The fourth-order valence-corrected chi connectivity index (χ4v) is 5.30. The van der Waals surface area contributed by atoms with E-state index in [0.717, 1.165) is 46.5 Å². The summed E-state index contributed by atoms with van der Waals surface area (Å²) in [5.41, 5.74) is 6.68. The van der Waals surface area contributed by atoms with E-state index in [0.29, 0.717) is 11.6 Å². The Labute approximate surface area is 201 Å². The number of carbonyl (C=O) groups excluding carboxylic acids is 1. The van der Waals surface area contributed by atoms with Crippen molar-refractivity contribution >= 4 is 23.2 Å². The van der Waals surface area contributed by atoms with Gasteiger partial charge in [0.25, 0.3) is 0 Å². The maximum absolute atomic E-state index is 14.1. The molecule has 2 aliphatic heterocycles. The van der Waals surface area contributed by atoms with Gasteiger partial charge in [-0.3, -0.25) is 4.79 Å². The van der Waals surface area contributed by atoms with Gasteiger partial charge in [0.2, 0.25) is 5.91 Å². The van der Waals surface area contributed by atoms with E-state index in [9.17, 15) is 4.79 Å². The van der Waals surface area contributed by atoms with Gasteiger partial charge < -0.3 is 9.64 Å². The van der Waals surface area contributed by atoms with Crippen molar-refractivity contribution in [1.29, 1.82) is 0 Å². The van der Waals surface area contributed by atoms with E-state index < -0.39 is 5.41 Å². The van der Waals surface area contributed by atoms with Crippen molar-refractivity contribution in [3.63, 3.8) is 0 Å². The van der Waals surface area contributed by atoms with E-state index in [2.05, 4.69) is 52.0 Å². The van der Waals surface area contributed by atoms with Gasteiger partial charge in [-0.2, -0.15) is 0 Å². The SMILES string of the molecule is Cc1ccc(CN2C(=O)[C@@](C)(c3ccc4c(c3)CCC(C)(C)O4)c3cc(Cl)ccc32)cc1C. The van der Waals surface area contributed by atoms with Crippen LogP contribution in [0.4, 0.5) is 5.69 Å². The van der Waals surface area contributed by atoms with Crippen molar-refractivity contribution in [3.05, 3.63) is 93.0 Å². The summed E-state index contributed by atoms with van der Waals surface area (Å²) in [5.74, 6) is 0.998. The van der Waals surface area contributed by atoms with Crippen LogP contribution in [0, 0.1) is 13.8 Å². The molecule has 0 radical (unpaired) electrons. The average molecular weight is 460 g/mol. The first-order valence-corrected chi connectivity index (χ1v) is 12.0. The van der Waals surface area contributed by atoms with Crippen molar-refractivity contribution in [1.82, 2.24) is 0 Å². The molecular formula is C29H30ClNO2. The third kappa shape index (κ3) is 3.63. The van der Waals surface area contributed by atoms with Crippen molar-refractivity contribution in [3.8, 4) is 5.75 Å². The van der Waals surface area contributed by atoms with Crippen LogP contribution in [0.1, 0.15) is 60.6 Å². The van der Waals surface area contributed by atoms with Crippen molar-refractivity contribution < 1.29 is 9.53 Å². The van der Waals surface area contributed by atoms with Crippen LogP contribution < -0.4 is 9.64 Å². The summed E-state index contributed by atoms with van der Waals surface area (Å²) in [4.78, 5) is 16.0. The molecule has 2 heterocycles. The number of amides is 1. The molecule has 0 unspecified atom stereocenters. The van der Waals surface area contributed by atoms with E-state index in [1.165, 1.54) is 11.1 Å². The quantitative estimate of drug-likeness (QED) is 0.425. The molecule has 1 amide bonds. The first-order valence-electron chi connectivity index (χ1n) is 11.6. The summed E-state index contributed by atoms with van der Waals surface area (Å²) >= 11 is 6.43. The highest BCUT2D eigenvalue weighted by Gasteiger charge is 2.49. The highest BCUT2D eigenvalue weighted by molar-refractivity contribution is 6.31. The minimum atomic E-state index is -0.804. The topological polar surface area (TPSA) is 29.5 Å². The van der Waals surface area contributed by atoms with Crippen molar-refractivity contribution in [2.24, 2.45) is 0 Å². The Kier molecular flexibility index (Phi) is 5.10. The van der Waals surface area contributed by atoms with Gasteiger partial charge in [-0.05, 0) is 105 Å². The van der Waals surface area contributed by atoms with Gasteiger partial charge in [-0.15, -0.1) is 0 Å². The van der Waals surface area contributed by atoms with E-state index >= 15 is 0 Å². The summed E-state index contributed by atoms with van der Waals surface area (Å²) in [6, 6.07) is 18.4. The standard InChI is InChI=1S/C29H30ClNO2/c1-18-6-7-20(14-19(18)2)17-31-25-10-9-23(30)16-24(25)29(5,27(31)32)22-8-11-26-21(15-22)12-13-28(3,4)33-26/h6-11,14-16H,12-13,17H2,1-5H3/t29-/m0/s1. The molecule has 5 rings (SSSR count). The Balaban J connectivity index is 1.59. The molecule has 3 aromatic rings. The molecule has 0 aromatic heterocycles. The van der Waals surface area contributed by atoms with Crippen LogP contribution in [0.2, 0.25) is 5.02 Å². The minimum Gasteiger partial charge on any atom is -0.488 e. The van der Waals surface area contributed by atoms with Gasteiger partial charge in [0.1, 0.15) is 11.4 Å². The molecule has 4 heteroatoms. The number of hydrogen-bond donors (Lipinski definition) is 0. The third-order valence-corrected chi connectivity index (χ3v) is 7.63. The summed E-state index contributed by atoms with van der Waals surface area (Å²) in [6.45, 7) is 11.0. The molecule has 0 saturated carbocycles. The molecule has 0 fully saturated rings. The number of nitrogens with zero attached hydrogens (tertiary/aromatic N) is 1. The molecule has 2 aliphatic rings. The van der Waals surface area contributed by atoms with Crippen LogP contribution in [0.25, 0.3) is 0 Å². The Morgan fingerprint density at radius 2 is 1.76 bits per heavy atom. The summed E-state index contributed by atoms with van der Waals surface area (Å²) < 4.78 is 6.19. The predicted molar refractivity (Wildman–Crippen MR) is 134 cm³/mol. The lowest BCUT2D eigenvalue weighted by Crippen LogP contribution is -2.39. The normalized spacial score (nSPS) is 20.9. The highest BCUT2D eigenvalue weighted by atomic mass is 35.5. The fourth-order valence-electron chi connectivity index (χ4n) is 5.13. The maximum Gasteiger partial charge on any atom is 0.242 e. The van der Waals surface area contributed by atoms with Crippen LogP contribution >= 0.6 is 11.6 Å². The van der Waals surface area contributed by atoms with E-state index in [4.69, 9.17) is 16.3 Å². The monoisotopic (exact) mass is 459 g/mol. The number of hydrogen-bond acceptors (Lipinski definition) is 2. The highest BCUT2D eigenvalue weighted by Crippen LogP contribution is 2.48. The second kappa shape index (κ2) is 7.63. The Hall–Kier alpha value is -2.78. The molecule has 170 valence electrons. The van der Waals surface area contributed by atoms with Crippen LogP contribution in [-0.2, 0) is 23.2 Å². The van der Waals surface area contributed by atoms with Gasteiger partial charge in [-0.25, -0.2) is 0 Å².